The Balaban J connectivity index is 1.72. The molecule has 0 unspecified atom stereocenters. The lowest BCUT2D eigenvalue weighted by atomic mass is 10.2. The van der Waals surface area contributed by atoms with Crippen LogP contribution in [0.2, 0.25) is 0 Å². The largest absolute Gasteiger partial charge is 0.493 e. The zero-order valence-corrected chi connectivity index (χ0v) is 13.5. The van der Waals surface area contributed by atoms with E-state index >= 15 is 0 Å². The number of carbonyl (C=O) groups is 1. The number of aromatic nitrogens is 2. The molecule has 2 N–H and O–H groups in total. The zero-order chi connectivity index (χ0) is 16.5. The minimum Gasteiger partial charge on any atom is -0.493 e. The van der Waals surface area contributed by atoms with Crippen LogP contribution >= 0.6 is 0 Å². The van der Waals surface area contributed by atoms with E-state index in [0.29, 0.717) is 24.2 Å². The molecule has 6 heteroatoms. The van der Waals surface area contributed by atoms with Crippen LogP contribution in [0, 0.1) is 5.92 Å². The lowest BCUT2D eigenvalue weighted by molar-refractivity contribution is -0.116. The monoisotopic (exact) mass is 314 g/mol. The van der Waals surface area contributed by atoms with Crippen LogP contribution in [-0.4, -0.2) is 29.3 Å². The van der Waals surface area contributed by atoms with Crippen molar-refractivity contribution in [2.75, 3.05) is 23.8 Å². The summed E-state index contributed by atoms with van der Waals surface area (Å²) in [6.45, 7) is 5.38. The smallest absolute Gasteiger partial charge is 0.229 e. The normalized spacial score (nSPS) is 10.4. The fraction of sp³-hybridized carbons (Fsp3) is 0.353. The summed E-state index contributed by atoms with van der Waals surface area (Å²) in [6, 6.07) is 12.9. The van der Waals surface area contributed by atoms with Crippen molar-refractivity contribution in [1.29, 1.82) is 0 Å². The molecule has 1 heterocycles. The Kier molecular flexibility index (Phi) is 6.35. The Labute approximate surface area is 136 Å². The van der Waals surface area contributed by atoms with Gasteiger partial charge in [0.2, 0.25) is 5.91 Å². The highest BCUT2D eigenvalue weighted by atomic mass is 16.5. The average molecular weight is 314 g/mol. The number of amides is 1. The van der Waals surface area contributed by atoms with Gasteiger partial charge in [0.25, 0.3) is 0 Å². The van der Waals surface area contributed by atoms with E-state index in [4.69, 9.17) is 4.74 Å². The van der Waals surface area contributed by atoms with E-state index in [1.807, 2.05) is 30.3 Å². The SMILES string of the molecule is CC(C)CNc1ccc(NC(=O)CCOc2ccccc2)nn1. The fourth-order valence-electron chi connectivity index (χ4n) is 1.79. The van der Waals surface area contributed by atoms with Gasteiger partial charge in [0.1, 0.15) is 11.6 Å². The second-order valence-corrected chi connectivity index (χ2v) is 5.54. The van der Waals surface area contributed by atoms with Crippen molar-refractivity contribution in [2.24, 2.45) is 5.92 Å². The first kappa shape index (κ1) is 16.7. The summed E-state index contributed by atoms with van der Waals surface area (Å²) >= 11 is 0. The summed E-state index contributed by atoms with van der Waals surface area (Å²) in [5, 5.41) is 13.9. The topological polar surface area (TPSA) is 76.1 Å². The number of benzene rings is 1. The Bertz CT molecular complexity index is 600. The highest BCUT2D eigenvalue weighted by Crippen LogP contribution is 2.09. The molecule has 0 radical (unpaired) electrons. The molecule has 2 aromatic rings. The van der Waals surface area contributed by atoms with Gasteiger partial charge in [0, 0.05) is 6.54 Å². The minimum atomic E-state index is -0.155. The van der Waals surface area contributed by atoms with Crippen LogP contribution in [0.1, 0.15) is 20.3 Å². The third-order valence-electron chi connectivity index (χ3n) is 2.96. The molecule has 0 bridgehead atoms. The molecule has 0 saturated carbocycles. The van der Waals surface area contributed by atoms with Gasteiger partial charge in [-0.1, -0.05) is 32.0 Å². The van der Waals surface area contributed by atoms with Crippen LogP contribution < -0.4 is 15.4 Å². The van der Waals surface area contributed by atoms with Crippen molar-refractivity contribution in [1.82, 2.24) is 10.2 Å². The van der Waals surface area contributed by atoms with Crippen molar-refractivity contribution < 1.29 is 9.53 Å². The molecule has 6 nitrogen and oxygen atoms in total. The van der Waals surface area contributed by atoms with Gasteiger partial charge in [-0.15, -0.1) is 10.2 Å². The van der Waals surface area contributed by atoms with Crippen LogP contribution in [-0.2, 0) is 4.79 Å². The van der Waals surface area contributed by atoms with Crippen molar-refractivity contribution in [3.05, 3.63) is 42.5 Å². The Morgan fingerprint density at radius 1 is 1.09 bits per heavy atom. The molecule has 2 rings (SSSR count). The van der Waals surface area contributed by atoms with Crippen LogP contribution in [0.25, 0.3) is 0 Å². The van der Waals surface area contributed by atoms with Crippen molar-refractivity contribution in [2.45, 2.75) is 20.3 Å². The number of hydrogen-bond donors (Lipinski definition) is 2. The maximum absolute atomic E-state index is 11.8. The van der Waals surface area contributed by atoms with E-state index < -0.39 is 0 Å². The second kappa shape index (κ2) is 8.73. The highest BCUT2D eigenvalue weighted by molar-refractivity contribution is 5.89. The number of carbonyl (C=O) groups excluding carboxylic acids is 1. The number of para-hydroxylation sites is 1. The fourth-order valence-corrected chi connectivity index (χ4v) is 1.79. The predicted molar refractivity (Wildman–Crippen MR) is 90.5 cm³/mol. The van der Waals surface area contributed by atoms with Gasteiger partial charge in [0.15, 0.2) is 5.82 Å². The van der Waals surface area contributed by atoms with Gasteiger partial charge >= 0.3 is 0 Å². The number of nitrogens with one attached hydrogen (secondary N) is 2. The summed E-state index contributed by atoms with van der Waals surface area (Å²) in [6.07, 6.45) is 0.254. The molecular formula is C17H22N4O2. The Morgan fingerprint density at radius 2 is 1.78 bits per heavy atom. The maximum atomic E-state index is 11.8. The lowest BCUT2D eigenvalue weighted by Crippen LogP contribution is -2.16. The third-order valence-corrected chi connectivity index (χ3v) is 2.96. The van der Waals surface area contributed by atoms with E-state index in [-0.39, 0.29) is 12.3 Å². The minimum absolute atomic E-state index is 0.155. The van der Waals surface area contributed by atoms with Crippen LogP contribution in [0.15, 0.2) is 42.5 Å². The van der Waals surface area contributed by atoms with Gasteiger partial charge in [-0.05, 0) is 30.2 Å². The molecular weight excluding hydrogens is 292 g/mol. The number of nitrogens with zero attached hydrogens (tertiary/aromatic N) is 2. The summed E-state index contributed by atoms with van der Waals surface area (Å²) in [5.74, 6) is 2.26. The summed E-state index contributed by atoms with van der Waals surface area (Å²) < 4.78 is 5.48. The molecule has 0 fully saturated rings. The summed E-state index contributed by atoms with van der Waals surface area (Å²) in [5.41, 5.74) is 0. The first-order valence-electron chi connectivity index (χ1n) is 7.69. The molecule has 23 heavy (non-hydrogen) atoms. The number of rotatable bonds is 8. The molecule has 0 aliphatic rings. The Morgan fingerprint density at radius 3 is 2.43 bits per heavy atom. The van der Waals surface area contributed by atoms with Gasteiger partial charge in [-0.25, -0.2) is 0 Å². The molecule has 1 aromatic carbocycles. The molecule has 1 amide bonds. The molecule has 0 atom stereocenters. The molecule has 1 aromatic heterocycles. The summed E-state index contributed by atoms with van der Waals surface area (Å²) in [4.78, 5) is 11.8. The third kappa shape index (κ3) is 6.34. The quantitative estimate of drug-likeness (QED) is 0.783. The molecule has 0 aliphatic heterocycles. The van der Waals surface area contributed by atoms with Gasteiger partial charge in [-0.2, -0.15) is 0 Å². The maximum Gasteiger partial charge on any atom is 0.229 e. The van der Waals surface area contributed by atoms with Gasteiger partial charge < -0.3 is 15.4 Å². The highest BCUT2D eigenvalue weighted by Gasteiger charge is 2.05. The molecule has 0 spiro atoms. The van der Waals surface area contributed by atoms with E-state index in [9.17, 15) is 4.79 Å². The average Bonchev–Trinajstić information content (AvgIpc) is 2.55. The molecule has 0 aliphatic carbocycles. The second-order valence-electron chi connectivity index (χ2n) is 5.54. The lowest BCUT2D eigenvalue weighted by Gasteiger charge is -2.08. The number of hydrogen-bond acceptors (Lipinski definition) is 5. The number of ether oxygens (including phenoxy) is 1. The first-order valence-corrected chi connectivity index (χ1v) is 7.69. The van der Waals surface area contributed by atoms with Crippen LogP contribution in [0.4, 0.5) is 11.6 Å². The number of anilines is 2. The Hall–Kier alpha value is -2.63. The van der Waals surface area contributed by atoms with Crippen LogP contribution in [0.3, 0.4) is 0 Å². The van der Waals surface area contributed by atoms with E-state index in [1.54, 1.807) is 12.1 Å². The van der Waals surface area contributed by atoms with Crippen molar-refractivity contribution >= 4 is 17.5 Å². The standard InChI is InChI=1S/C17H22N4O2/c1-13(2)12-18-15-8-9-16(21-20-15)19-17(22)10-11-23-14-6-4-3-5-7-14/h3-9,13H,10-12H2,1-2H3,(H,18,20)(H,19,21,22). The first-order chi connectivity index (χ1) is 11.1. The van der Waals surface area contributed by atoms with E-state index in [1.165, 1.54) is 0 Å². The summed E-state index contributed by atoms with van der Waals surface area (Å²) in [7, 11) is 0. The van der Waals surface area contributed by atoms with Crippen molar-refractivity contribution in [3.8, 4) is 5.75 Å². The van der Waals surface area contributed by atoms with E-state index in [0.717, 1.165) is 12.3 Å². The van der Waals surface area contributed by atoms with Gasteiger partial charge in [0.05, 0.1) is 13.0 Å². The molecule has 0 saturated heterocycles. The predicted octanol–water partition coefficient (Wildman–Crippen LogP) is 2.95. The molecule has 122 valence electrons. The van der Waals surface area contributed by atoms with E-state index in [2.05, 4.69) is 34.7 Å². The zero-order valence-electron chi connectivity index (χ0n) is 13.5. The van der Waals surface area contributed by atoms with Gasteiger partial charge in [-0.3, -0.25) is 4.79 Å². The van der Waals surface area contributed by atoms with Crippen molar-refractivity contribution in [3.63, 3.8) is 0 Å². The van der Waals surface area contributed by atoms with Crippen LogP contribution in [0.5, 0.6) is 5.75 Å².